The van der Waals surface area contributed by atoms with Gasteiger partial charge in [0.25, 0.3) is 5.69 Å². The molecule has 21 heavy (non-hydrogen) atoms. The van der Waals surface area contributed by atoms with Crippen molar-refractivity contribution >= 4 is 17.7 Å². The zero-order valence-electron chi connectivity index (χ0n) is 11.7. The maximum absolute atomic E-state index is 11.9. The Labute approximate surface area is 123 Å². The van der Waals surface area contributed by atoms with E-state index in [0.717, 1.165) is 12.3 Å². The lowest BCUT2D eigenvalue weighted by atomic mass is 9.95. The van der Waals surface area contributed by atoms with Crippen LogP contribution >= 0.6 is 0 Å². The summed E-state index contributed by atoms with van der Waals surface area (Å²) < 4.78 is 0. The van der Waals surface area contributed by atoms with E-state index in [0.29, 0.717) is 17.5 Å². The van der Waals surface area contributed by atoms with Crippen molar-refractivity contribution in [2.45, 2.75) is 31.7 Å². The molecule has 2 aliphatic carbocycles. The van der Waals surface area contributed by atoms with E-state index >= 15 is 0 Å². The Bertz CT molecular complexity index is 597. The van der Waals surface area contributed by atoms with Crippen molar-refractivity contribution in [3.05, 3.63) is 46.0 Å². The van der Waals surface area contributed by atoms with E-state index in [1.165, 1.54) is 37.5 Å². The number of rotatable bonds is 4. The minimum atomic E-state index is -0.438. The highest BCUT2D eigenvalue weighted by Crippen LogP contribution is 2.44. The fourth-order valence-corrected chi connectivity index (χ4v) is 3.57. The van der Waals surface area contributed by atoms with Gasteiger partial charge in [-0.1, -0.05) is 18.6 Å². The minimum Gasteiger partial charge on any atom is -0.350 e. The predicted molar refractivity (Wildman–Crippen MR) is 79.5 cm³/mol. The summed E-state index contributed by atoms with van der Waals surface area (Å²) in [6.07, 6.45) is 7.96. The zero-order chi connectivity index (χ0) is 14.8. The van der Waals surface area contributed by atoms with Crippen LogP contribution in [0.4, 0.5) is 5.69 Å². The second kappa shape index (κ2) is 5.68. The molecule has 0 radical (unpaired) electrons. The first-order chi connectivity index (χ1) is 10.1. The average Bonchev–Trinajstić information content (AvgIpc) is 3.08. The Hall–Kier alpha value is -2.17. The summed E-state index contributed by atoms with van der Waals surface area (Å²) in [5.74, 6) is 1.32. The third kappa shape index (κ3) is 3.12. The molecule has 0 heterocycles. The highest BCUT2D eigenvalue weighted by atomic mass is 16.6. The number of benzene rings is 1. The summed E-state index contributed by atoms with van der Waals surface area (Å²) in [7, 11) is 0. The summed E-state index contributed by atoms with van der Waals surface area (Å²) in [6, 6.07) is 6.57. The lowest BCUT2D eigenvalue weighted by Gasteiger charge is -2.22. The quantitative estimate of drug-likeness (QED) is 0.525. The molecule has 1 aromatic carbocycles. The first kappa shape index (κ1) is 13.8. The van der Waals surface area contributed by atoms with E-state index in [-0.39, 0.29) is 11.6 Å². The standard InChI is InChI=1S/C16H18N2O3/c19-16(17-15-10-12-4-6-13(15)8-12)7-5-11-2-1-3-14(9-11)18(20)21/h1-3,5,7,9,12-13,15H,4,6,8,10H2,(H,17,19)/t12-,13+,15+/m1/s1. The van der Waals surface area contributed by atoms with Crippen molar-refractivity contribution in [1.82, 2.24) is 5.32 Å². The normalized spacial score (nSPS) is 27.1. The molecule has 1 amide bonds. The van der Waals surface area contributed by atoms with Crippen molar-refractivity contribution in [2.24, 2.45) is 11.8 Å². The van der Waals surface area contributed by atoms with Crippen molar-refractivity contribution in [1.29, 1.82) is 0 Å². The van der Waals surface area contributed by atoms with Gasteiger partial charge in [0.15, 0.2) is 0 Å². The van der Waals surface area contributed by atoms with Gasteiger partial charge in [-0.3, -0.25) is 14.9 Å². The van der Waals surface area contributed by atoms with E-state index in [4.69, 9.17) is 0 Å². The molecule has 2 aliphatic rings. The second-order valence-electron chi connectivity index (χ2n) is 5.98. The number of hydrogen-bond donors (Lipinski definition) is 1. The van der Waals surface area contributed by atoms with Crippen molar-refractivity contribution in [2.75, 3.05) is 0 Å². The van der Waals surface area contributed by atoms with Crippen LogP contribution in [0, 0.1) is 22.0 Å². The molecule has 2 saturated carbocycles. The Kier molecular flexibility index (Phi) is 3.73. The number of fused-ring (bicyclic) bond motifs is 2. The maximum Gasteiger partial charge on any atom is 0.270 e. The summed E-state index contributed by atoms with van der Waals surface area (Å²) in [5, 5.41) is 13.8. The zero-order valence-corrected chi connectivity index (χ0v) is 11.7. The lowest BCUT2D eigenvalue weighted by Crippen LogP contribution is -2.37. The van der Waals surface area contributed by atoms with Gasteiger partial charge in [0.1, 0.15) is 0 Å². The summed E-state index contributed by atoms with van der Waals surface area (Å²) in [4.78, 5) is 22.2. The Morgan fingerprint density at radius 2 is 2.19 bits per heavy atom. The molecule has 5 nitrogen and oxygen atoms in total. The van der Waals surface area contributed by atoms with Crippen LogP contribution < -0.4 is 5.32 Å². The molecular formula is C16H18N2O3. The van der Waals surface area contributed by atoms with Gasteiger partial charge in [0.05, 0.1) is 4.92 Å². The van der Waals surface area contributed by atoms with Crippen molar-refractivity contribution in [3.63, 3.8) is 0 Å². The Balaban J connectivity index is 1.59. The molecule has 1 N–H and O–H groups in total. The van der Waals surface area contributed by atoms with E-state index in [1.807, 2.05) is 0 Å². The fourth-order valence-electron chi connectivity index (χ4n) is 3.57. The van der Waals surface area contributed by atoms with Gasteiger partial charge < -0.3 is 5.32 Å². The molecule has 2 fully saturated rings. The van der Waals surface area contributed by atoms with E-state index in [1.54, 1.807) is 18.2 Å². The van der Waals surface area contributed by atoms with Gasteiger partial charge in [0.2, 0.25) is 5.91 Å². The van der Waals surface area contributed by atoms with Crippen LogP contribution in [0.5, 0.6) is 0 Å². The van der Waals surface area contributed by atoms with Crippen LogP contribution in [0.25, 0.3) is 6.08 Å². The number of nitro benzene ring substituents is 1. The smallest absolute Gasteiger partial charge is 0.270 e. The van der Waals surface area contributed by atoms with Crippen molar-refractivity contribution in [3.8, 4) is 0 Å². The number of nitrogens with one attached hydrogen (secondary N) is 1. The van der Waals surface area contributed by atoms with Gasteiger partial charge in [0, 0.05) is 24.3 Å². The average molecular weight is 286 g/mol. The molecule has 2 bridgehead atoms. The Morgan fingerprint density at radius 1 is 1.33 bits per heavy atom. The summed E-state index contributed by atoms with van der Waals surface area (Å²) >= 11 is 0. The predicted octanol–water partition coefficient (Wildman–Crippen LogP) is 2.91. The molecule has 0 saturated heterocycles. The monoisotopic (exact) mass is 286 g/mol. The fraction of sp³-hybridized carbons (Fsp3) is 0.438. The molecule has 5 heteroatoms. The van der Waals surface area contributed by atoms with Crippen LogP contribution in [-0.2, 0) is 4.79 Å². The van der Waals surface area contributed by atoms with Gasteiger partial charge in [-0.2, -0.15) is 0 Å². The van der Waals surface area contributed by atoms with Gasteiger partial charge in [-0.05, 0) is 42.7 Å². The Morgan fingerprint density at radius 3 is 2.86 bits per heavy atom. The van der Waals surface area contributed by atoms with Crippen LogP contribution in [0.3, 0.4) is 0 Å². The lowest BCUT2D eigenvalue weighted by molar-refractivity contribution is -0.384. The molecule has 110 valence electrons. The summed E-state index contributed by atoms with van der Waals surface area (Å²) in [6.45, 7) is 0. The number of nitrogens with zero attached hydrogens (tertiary/aromatic N) is 1. The topological polar surface area (TPSA) is 72.2 Å². The third-order valence-electron chi connectivity index (χ3n) is 4.57. The summed E-state index contributed by atoms with van der Waals surface area (Å²) in [5.41, 5.74) is 0.693. The van der Waals surface area contributed by atoms with Gasteiger partial charge in [-0.25, -0.2) is 0 Å². The highest BCUT2D eigenvalue weighted by molar-refractivity contribution is 5.92. The molecule has 0 aromatic heterocycles. The van der Waals surface area contributed by atoms with Crippen LogP contribution in [0.1, 0.15) is 31.2 Å². The molecule has 3 rings (SSSR count). The number of carbonyl (C=O) groups excluding carboxylic acids is 1. The number of nitro groups is 1. The SMILES string of the molecule is O=C(C=Cc1cccc([N+](=O)[O-])c1)N[C@H]1C[C@@H]2CC[C@H]1C2. The van der Waals surface area contributed by atoms with E-state index in [2.05, 4.69) is 5.32 Å². The molecule has 0 spiro atoms. The van der Waals surface area contributed by atoms with Crippen molar-refractivity contribution < 1.29 is 9.72 Å². The molecule has 0 unspecified atom stereocenters. The number of non-ortho nitro benzene ring substituents is 1. The van der Waals surface area contributed by atoms with Gasteiger partial charge in [-0.15, -0.1) is 0 Å². The first-order valence-corrected chi connectivity index (χ1v) is 7.35. The number of hydrogen-bond acceptors (Lipinski definition) is 3. The minimum absolute atomic E-state index is 0.0330. The highest BCUT2D eigenvalue weighted by Gasteiger charge is 2.39. The molecule has 0 aliphatic heterocycles. The molecule has 3 atom stereocenters. The molecule has 1 aromatic rings. The van der Waals surface area contributed by atoms with Crippen LogP contribution in [-0.4, -0.2) is 16.9 Å². The van der Waals surface area contributed by atoms with E-state index in [9.17, 15) is 14.9 Å². The van der Waals surface area contributed by atoms with Crippen LogP contribution in [0.15, 0.2) is 30.3 Å². The molecular weight excluding hydrogens is 268 g/mol. The number of carbonyl (C=O) groups is 1. The first-order valence-electron chi connectivity index (χ1n) is 7.35. The maximum atomic E-state index is 11.9. The third-order valence-corrected chi connectivity index (χ3v) is 4.57. The largest absolute Gasteiger partial charge is 0.350 e. The van der Waals surface area contributed by atoms with E-state index < -0.39 is 4.92 Å². The second-order valence-corrected chi connectivity index (χ2v) is 5.98. The van der Waals surface area contributed by atoms with Crippen LogP contribution in [0.2, 0.25) is 0 Å². The van der Waals surface area contributed by atoms with Gasteiger partial charge >= 0.3 is 0 Å². The number of amides is 1.